The second-order valence-corrected chi connectivity index (χ2v) is 5.69. The molecule has 0 saturated heterocycles. The van der Waals surface area contributed by atoms with E-state index in [-0.39, 0.29) is 17.1 Å². The Balaban J connectivity index is 1.96. The summed E-state index contributed by atoms with van der Waals surface area (Å²) < 4.78 is 6.05. The lowest BCUT2D eigenvalue weighted by Gasteiger charge is -2.08. The SMILES string of the molecule is CCCc1cc(=O)[nH]c(-n2nc(C)cc2NC(=O)c2ccc(=O)oc2)n1. The Morgan fingerprint density at radius 2 is 2.12 bits per heavy atom. The number of H-pyrrole nitrogens is 1. The Morgan fingerprint density at radius 3 is 2.81 bits per heavy atom. The van der Waals surface area contributed by atoms with Crippen molar-refractivity contribution in [1.29, 1.82) is 0 Å². The van der Waals surface area contributed by atoms with Gasteiger partial charge in [-0.3, -0.25) is 14.6 Å². The van der Waals surface area contributed by atoms with Crippen molar-refractivity contribution in [2.45, 2.75) is 26.7 Å². The van der Waals surface area contributed by atoms with Crippen LogP contribution in [-0.4, -0.2) is 25.7 Å². The Hall–Kier alpha value is -3.49. The first-order chi connectivity index (χ1) is 12.5. The maximum atomic E-state index is 12.3. The molecular formula is C17H17N5O4. The van der Waals surface area contributed by atoms with Gasteiger partial charge >= 0.3 is 5.63 Å². The lowest BCUT2D eigenvalue weighted by Crippen LogP contribution is -2.19. The van der Waals surface area contributed by atoms with Crippen molar-refractivity contribution in [3.05, 3.63) is 68.3 Å². The van der Waals surface area contributed by atoms with Gasteiger partial charge in [0, 0.05) is 23.9 Å². The summed E-state index contributed by atoms with van der Waals surface area (Å²) in [7, 11) is 0. The van der Waals surface area contributed by atoms with Gasteiger partial charge in [-0.15, -0.1) is 0 Å². The van der Waals surface area contributed by atoms with Crippen molar-refractivity contribution < 1.29 is 9.21 Å². The molecule has 3 aromatic heterocycles. The third-order valence-corrected chi connectivity index (χ3v) is 3.53. The summed E-state index contributed by atoms with van der Waals surface area (Å²) in [6.45, 7) is 3.74. The second kappa shape index (κ2) is 7.18. The Kier molecular flexibility index (Phi) is 4.78. The van der Waals surface area contributed by atoms with E-state index in [2.05, 4.69) is 20.4 Å². The molecule has 0 atom stereocenters. The van der Waals surface area contributed by atoms with Crippen LogP contribution in [0.25, 0.3) is 5.95 Å². The topological polar surface area (TPSA) is 123 Å². The van der Waals surface area contributed by atoms with Crippen LogP contribution < -0.4 is 16.5 Å². The summed E-state index contributed by atoms with van der Waals surface area (Å²) in [6.07, 6.45) is 2.58. The largest absolute Gasteiger partial charge is 0.430 e. The zero-order chi connectivity index (χ0) is 18.7. The Labute approximate surface area is 147 Å². The normalized spacial score (nSPS) is 10.7. The van der Waals surface area contributed by atoms with Crippen LogP contribution in [0.2, 0.25) is 0 Å². The number of amides is 1. The number of carbonyl (C=O) groups is 1. The van der Waals surface area contributed by atoms with Gasteiger partial charge in [0.25, 0.3) is 11.5 Å². The summed E-state index contributed by atoms with van der Waals surface area (Å²) in [5.41, 5.74) is 0.604. The molecule has 26 heavy (non-hydrogen) atoms. The van der Waals surface area contributed by atoms with Gasteiger partial charge in [-0.25, -0.2) is 9.78 Å². The Morgan fingerprint density at radius 1 is 1.31 bits per heavy atom. The van der Waals surface area contributed by atoms with E-state index >= 15 is 0 Å². The summed E-state index contributed by atoms with van der Waals surface area (Å²) in [6, 6.07) is 5.60. The van der Waals surface area contributed by atoms with Crippen LogP contribution in [0.5, 0.6) is 0 Å². The average molecular weight is 355 g/mol. The predicted molar refractivity (Wildman–Crippen MR) is 93.6 cm³/mol. The zero-order valence-corrected chi connectivity index (χ0v) is 14.3. The fourth-order valence-corrected chi connectivity index (χ4v) is 2.40. The molecule has 0 fully saturated rings. The molecule has 9 nitrogen and oxygen atoms in total. The third kappa shape index (κ3) is 3.77. The minimum Gasteiger partial charge on any atom is -0.430 e. The molecule has 0 radical (unpaired) electrons. The number of aryl methyl sites for hydroxylation is 2. The molecular weight excluding hydrogens is 338 g/mol. The van der Waals surface area contributed by atoms with E-state index in [1.807, 2.05) is 6.92 Å². The van der Waals surface area contributed by atoms with Crippen LogP contribution in [-0.2, 0) is 6.42 Å². The predicted octanol–water partition coefficient (Wildman–Crippen LogP) is 1.42. The van der Waals surface area contributed by atoms with Gasteiger partial charge in [-0.2, -0.15) is 9.78 Å². The highest BCUT2D eigenvalue weighted by Gasteiger charge is 2.15. The average Bonchev–Trinajstić information content (AvgIpc) is 2.95. The summed E-state index contributed by atoms with van der Waals surface area (Å²) in [5, 5.41) is 6.95. The van der Waals surface area contributed by atoms with Gasteiger partial charge in [0.15, 0.2) is 0 Å². The van der Waals surface area contributed by atoms with E-state index in [9.17, 15) is 14.4 Å². The number of nitrogens with one attached hydrogen (secondary N) is 2. The molecule has 3 heterocycles. The van der Waals surface area contributed by atoms with Gasteiger partial charge < -0.3 is 9.73 Å². The first-order valence-corrected chi connectivity index (χ1v) is 8.03. The maximum Gasteiger partial charge on any atom is 0.335 e. The Bertz CT molecular complexity index is 1040. The number of hydrogen-bond acceptors (Lipinski definition) is 6. The van der Waals surface area contributed by atoms with Crippen LogP contribution in [0.3, 0.4) is 0 Å². The minimum absolute atomic E-state index is 0.177. The molecule has 3 rings (SSSR count). The van der Waals surface area contributed by atoms with Gasteiger partial charge in [-0.05, 0) is 19.4 Å². The number of carbonyl (C=O) groups excluding carboxylic acids is 1. The van der Waals surface area contributed by atoms with Gasteiger partial charge in [0.1, 0.15) is 12.1 Å². The van der Waals surface area contributed by atoms with Crippen LogP contribution in [0.1, 0.15) is 35.1 Å². The lowest BCUT2D eigenvalue weighted by molar-refractivity contribution is 0.102. The molecule has 2 N–H and O–H groups in total. The van der Waals surface area contributed by atoms with Crippen LogP contribution in [0, 0.1) is 6.92 Å². The smallest absolute Gasteiger partial charge is 0.335 e. The molecule has 0 aliphatic carbocycles. The maximum absolute atomic E-state index is 12.3. The van der Waals surface area contributed by atoms with E-state index in [0.717, 1.165) is 18.8 Å². The van der Waals surface area contributed by atoms with E-state index in [0.29, 0.717) is 23.6 Å². The van der Waals surface area contributed by atoms with Crippen molar-refractivity contribution in [2.24, 2.45) is 0 Å². The molecule has 0 aromatic carbocycles. The van der Waals surface area contributed by atoms with Crippen molar-refractivity contribution in [1.82, 2.24) is 19.7 Å². The van der Waals surface area contributed by atoms with E-state index in [1.165, 1.54) is 16.8 Å². The van der Waals surface area contributed by atoms with Crippen molar-refractivity contribution in [2.75, 3.05) is 5.32 Å². The number of aromatic nitrogens is 4. The number of hydrogen-bond donors (Lipinski definition) is 2. The third-order valence-electron chi connectivity index (χ3n) is 3.53. The molecule has 3 aromatic rings. The second-order valence-electron chi connectivity index (χ2n) is 5.69. The molecule has 0 aliphatic heterocycles. The molecule has 0 aliphatic rings. The number of aromatic amines is 1. The molecule has 0 unspecified atom stereocenters. The van der Waals surface area contributed by atoms with Crippen molar-refractivity contribution in [3.63, 3.8) is 0 Å². The fraction of sp³-hybridized carbons (Fsp3) is 0.235. The highest BCUT2D eigenvalue weighted by atomic mass is 16.4. The van der Waals surface area contributed by atoms with Gasteiger partial charge in [-0.1, -0.05) is 13.3 Å². The van der Waals surface area contributed by atoms with Crippen LogP contribution in [0.15, 0.2) is 44.5 Å². The van der Waals surface area contributed by atoms with Crippen molar-refractivity contribution >= 4 is 11.7 Å². The molecule has 0 saturated carbocycles. The number of rotatable bonds is 5. The van der Waals surface area contributed by atoms with E-state index in [1.54, 1.807) is 13.0 Å². The standard InChI is InChI=1S/C17H17N5O4/c1-3-4-12-8-14(23)20-17(18-12)22-13(7-10(2)21-22)19-16(25)11-5-6-15(24)26-9-11/h5-9H,3-4H2,1-2H3,(H,19,25)(H,18,20,23). The van der Waals surface area contributed by atoms with E-state index in [4.69, 9.17) is 4.42 Å². The summed E-state index contributed by atoms with van der Waals surface area (Å²) >= 11 is 0. The molecule has 0 spiro atoms. The van der Waals surface area contributed by atoms with Crippen molar-refractivity contribution in [3.8, 4) is 5.95 Å². The summed E-state index contributed by atoms with van der Waals surface area (Å²) in [4.78, 5) is 42.3. The quantitative estimate of drug-likeness (QED) is 0.713. The number of nitrogens with zero attached hydrogens (tertiary/aromatic N) is 3. The first kappa shape index (κ1) is 17.3. The first-order valence-electron chi connectivity index (χ1n) is 8.03. The zero-order valence-electron chi connectivity index (χ0n) is 14.3. The summed E-state index contributed by atoms with van der Waals surface area (Å²) in [5.74, 6) is 0.0569. The van der Waals surface area contributed by atoms with Gasteiger partial charge in [0.05, 0.1) is 11.3 Å². The minimum atomic E-state index is -0.544. The highest BCUT2D eigenvalue weighted by molar-refractivity contribution is 6.03. The van der Waals surface area contributed by atoms with Gasteiger partial charge in [0.2, 0.25) is 5.95 Å². The molecule has 134 valence electrons. The van der Waals surface area contributed by atoms with Crippen LogP contribution in [0.4, 0.5) is 5.82 Å². The van der Waals surface area contributed by atoms with Crippen LogP contribution >= 0.6 is 0 Å². The highest BCUT2D eigenvalue weighted by Crippen LogP contribution is 2.15. The molecule has 9 heteroatoms. The van der Waals surface area contributed by atoms with E-state index < -0.39 is 11.5 Å². The fourth-order valence-electron chi connectivity index (χ4n) is 2.40. The number of anilines is 1. The lowest BCUT2D eigenvalue weighted by atomic mass is 10.2. The monoisotopic (exact) mass is 355 g/mol. The molecule has 0 bridgehead atoms. The molecule has 1 amide bonds.